The Labute approximate surface area is 175 Å². The normalized spacial score (nSPS) is 16.5. The Kier molecular flexibility index (Phi) is 5.46. The van der Waals surface area contributed by atoms with Gasteiger partial charge in [-0.2, -0.15) is 4.98 Å². The minimum absolute atomic E-state index is 0.0103. The molecule has 1 aliphatic heterocycles. The van der Waals surface area contributed by atoms with E-state index in [9.17, 15) is 9.59 Å². The van der Waals surface area contributed by atoms with E-state index in [0.717, 1.165) is 11.1 Å². The molecule has 0 radical (unpaired) electrons. The Morgan fingerprint density at radius 2 is 1.90 bits per heavy atom. The minimum Gasteiger partial charge on any atom is -0.338 e. The van der Waals surface area contributed by atoms with Gasteiger partial charge in [0.1, 0.15) is 6.04 Å². The highest BCUT2D eigenvalue weighted by Gasteiger charge is 2.38. The number of Topliss-reactive ketones (excluding diaryl/α,β-unsaturated/α-hetero) is 1. The summed E-state index contributed by atoms with van der Waals surface area (Å²) in [5, 5.41) is 4.02. The number of likely N-dealkylation sites (tertiary alicyclic amines) is 1. The van der Waals surface area contributed by atoms with Gasteiger partial charge in [-0.3, -0.25) is 9.59 Å². The van der Waals surface area contributed by atoms with Crippen molar-refractivity contribution in [2.45, 2.75) is 25.9 Å². The predicted molar refractivity (Wildman–Crippen MR) is 112 cm³/mol. The first-order chi connectivity index (χ1) is 14.4. The van der Waals surface area contributed by atoms with Gasteiger partial charge < -0.3 is 14.3 Å². The average molecular weight is 404 g/mol. The Morgan fingerprint density at radius 1 is 1.17 bits per heavy atom. The Bertz CT molecular complexity index is 1070. The van der Waals surface area contributed by atoms with Gasteiger partial charge in [-0.05, 0) is 49.8 Å². The van der Waals surface area contributed by atoms with E-state index in [1.165, 1.54) is 10.5 Å². The molecule has 7 nitrogen and oxygen atoms in total. The number of benzene rings is 2. The lowest BCUT2D eigenvalue weighted by atomic mass is 9.99. The summed E-state index contributed by atoms with van der Waals surface area (Å²) < 4.78 is 5.28. The molecule has 1 saturated heterocycles. The van der Waals surface area contributed by atoms with Crippen LogP contribution in [0.4, 0.5) is 0 Å². The maximum Gasteiger partial charge on any atom is 0.254 e. The Balaban J connectivity index is 1.56. The van der Waals surface area contributed by atoms with Crippen molar-refractivity contribution in [2.24, 2.45) is 0 Å². The molecule has 7 heteroatoms. The molecule has 2 aromatic carbocycles. The van der Waals surface area contributed by atoms with Gasteiger partial charge in [0.2, 0.25) is 5.89 Å². The van der Waals surface area contributed by atoms with Crippen molar-refractivity contribution in [3.63, 3.8) is 0 Å². The fourth-order valence-corrected chi connectivity index (χ4v) is 3.73. The van der Waals surface area contributed by atoms with Gasteiger partial charge in [-0.15, -0.1) is 0 Å². The zero-order chi connectivity index (χ0) is 21.3. The summed E-state index contributed by atoms with van der Waals surface area (Å²) in [6, 6.07) is 15.1. The molecule has 1 amide bonds. The summed E-state index contributed by atoms with van der Waals surface area (Å²) in [4.78, 5) is 33.1. The molecule has 30 heavy (non-hydrogen) atoms. The third kappa shape index (κ3) is 4.02. The van der Waals surface area contributed by atoms with Crippen LogP contribution >= 0.6 is 0 Å². The van der Waals surface area contributed by atoms with Gasteiger partial charge >= 0.3 is 0 Å². The second-order valence-corrected chi connectivity index (χ2v) is 7.87. The minimum atomic E-state index is -0.499. The summed E-state index contributed by atoms with van der Waals surface area (Å²) in [6.45, 7) is 2.62. The highest BCUT2D eigenvalue weighted by Crippen LogP contribution is 2.31. The van der Waals surface area contributed by atoms with Crippen LogP contribution in [0.25, 0.3) is 11.1 Å². The fraction of sp³-hybridized carbons (Fsp3) is 0.304. The standard InChI is InChI=1S/C23H24N4O3/c1-15-6-4-5-7-19(15)16-8-10-17(11-9-16)23(29)27-13-18(28)12-20(27)22-24-21(30-25-22)14-26(2)3/h4-11,20H,12-14H2,1-3H3/t20-/m0/s1. The molecule has 4 rings (SSSR count). The van der Waals surface area contributed by atoms with Crippen LogP contribution in [-0.2, 0) is 11.3 Å². The van der Waals surface area contributed by atoms with Crippen LogP contribution in [0.1, 0.15) is 40.1 Å². The van der Waals surface area contributed by atoms with Crippen molar-refractivity contribution in [2.75, 3.05) is 20.6 Å². The van der Waals surface area contributed by atoms with Crippen molar-refractivity contribution >= 4 is 11.7 Å². The SMILES string of the molecule is Cc1ccccc1-c1ccc(C(=O)N2CC(=O)C[C@H]2c2noc(CN(C)C)n2)cc1. The van der Waals surface area contributed by atoms with Crippen molar-refractivity contribution in [3.05, 3.63) is 71.4 Å². The zero-order valence-electron chi connectivity index (χ0n) is 17.3. The largest absolute Gasteiger partial charge is 0.338 e. The highest BCUT2D eigenvalue weighted by atomic mass is 16.5. The van der Waals surface area contributed by atoms with Gasteiger partial charge in [-0.1, -0.05) is 41.6 Å². The lowest BCUT2D eigenvalue weighted by Gasteiger charge is -2.21. The van der Waals surface area contributed by atoms with E-state index in [0.29, 0.717) is 23.8 Å². The van der Waals surface area contributed by atoms with Crippen LogP contribution in [-0.4, -0.2) is 52.3 Å². The van der Waals surface area contributed by atoms with Crippen LogP contribution in [0.3, 0.4) is 0 Å². The number of nitrogens with zero attached hydrogens (tertiary/aromatic N) is 4. The fourth-order valence-electron chi connectivity index (χ4n) is 3.73. The molecule has 1 fully saturated rings. The smallest absolute Gasteiger partial charge is 0.254 e. The monoisotopic (exact) mass is 404 g/mol. The van der Waals surface area contributed by atoms with Gasteiger partial charge in [-0.25, -0.2) is 0 Å². The second kappa shape index (κ2) is 8.20. The molecule has 1 aliphatic rings. The number of hydrogen-bond donors (Lipinski definition) is 0. The third-order valence-electron chi connectivity index (χ3n) is 5.23. The molecule has 0 aliphatic carbocycles. The lowest BCUT2D eigenvalue weighted by molar-refractivity contribution is -0.116. The van der Waals surface area contributed by atoms with Crippen LogP contribution in [0.5, 0.6) is 0 Å². The third-order valence-corrected chi connectivity index (χ3v) is 5.23. The van der Waals surface area contributed by atoms with Crippen molar-refractivity contribution in [1.29, 1.82) is 0 Å². The molecule has 2 heterocycles. The number of ketones is 1. The Morgan fingerprint density at radius 3 is 2.60 bits per heavy atom. The zero-order valence-corrected chi connectivity index (χ0v) is 17.3. The molecule has 154 valence electrons. The number of aryl methyl sites for hydroxylation is 1. The van der Waals surface area contributed by atoms with Crippen LogP contribution in [0.2, 0.25) is 0 Å². The number of amides is 1. The van der Waals surface area contributed by atoms with Crippen LogP contribution < -0.4 is 0 Å². The number of aromatic nitrogens is 2. The molecular weight excluding hydrogens is 380 g/mol. The lowest BCUT2D eigenvalue weighted by Crippen LogP contribution is -2.31. The first-order valence-corrected chi connectivity index (χ1v) is 9.88. The van der Waals surface area contributed by atoms with Gasteiger partial charge in [0.05, 0.1) is 13.1 Å². The van der Waals surface area contributed by atoms with E-state index in [4.69, 9.17) is 4.52 Å². The first kappa shape index (κ1) is 20.0. The molecule has 1 aromatic heterocycles. The van der Waals surface area contributed by atoms with Gasteiger partial charge in [0, 0.05) is 12.0 Å². The number of carbonyl (C=O) groups is 2. The summed E-state index contributed by atoms with van der Waals surface area (Å²) in [6.07, 6.45) is 0.202. The van der Waals surface area contributed by atoms with E-state index in [2.05, 4.69) is 29.2 Å². The van der Waals surface area contributed by atoms with Crippen LogP contribution in [0.15, 0.2) is 53.1 Å². The summed E-state index contributed by atoms with van der Waals surface area (Å²) in [5.74, 6) is 0.622. The number of carbonyl (C=O) groups excluding carboxylic acids is 2. The summed E-state index contributed by atoms with van der Waals surface area (Å²) >= 11 is 0. The second-order valence-electron chi connectivity index (χ2n) is 7.87. The average Bonchev–Trinajstić information content (AvgIpc) is 3.34. The van der Waals surface area contributed by atoms with E-state index in [1.807, 2.05) is 43.3 Å². The van der Waals surface area contributed by atoms with Gasteiger partial charge in [0.15, 0.2) is 11.6 Å². The van der Waals surface area contributed by atoms with E-state index >= 15 is 0 Å². The van der Waals surface area contributed by atoms with Gasteiger partial charge in [0.25, 0.3) is 5.91 Å². The van der Waals surface area contributed by atoms with Crippen molar-refractivity contribution < 1.29 is 14.1 Å². The molecule has 3 aromatic rings. The van der Waals surface area contributed by atoms with E-state index < -0.39 is 6.04 Å². The molecular formula is C23H24N4O3. The number of rotatable bonds is 5. The van der Waals surface area contributed by atoms with E-state index in [-0.39, 0.29) is 24.7 Å². The molecule has 0 bridgehead atoms. The molecule has 0 saturated carbocycles. The number of hydrogen-bond acceptors (Lipinski definition) is 6. The molecule has 0 N–H and O–H groups in total. The maximum atomic E-state index is 13.2. The maximum absolute atomic E-state index is 13.2. The molecule has 1 atom stereocenters. The quantitative estimate of drug-likeness (QED) is 0.649. The molecule has 0 spiro atoms. The predicted octanol–water partition coefficient (Wildman–Crippen LogP) is 3.26. The Hall–Kier alpha value is -3.32. The van der Waals surface area contributed by atoms with E-state index in [1.54, 1.807) is 12.1 Å². The van der Waals surface area contributed by atoms with Crippen molar-refractivity contribution in [1.82, 2.24) is 19.9 Å². The van der Waals surface area contributed by atoms with Crippen molar-refractivity contribution in [3.8, 4) is 11.1 Å². The highest BCUT2D eigenvalue weighted by molar-refractivity contribution is 5.99. The summed E-state index contributed by atoms with van der Waals surface area (Å²) in [5.41, 5.74) is 3.88. The first-order valence-electron chi connectivity index (χ1n) is 9.88. The molecule has 0 unspecified atom stereocenters. The van der Waals surface area contributed by atoms with Crippen LogP contribution in [0, 0.1) is 6.92 Å². The summed E-state index contributed by atoms with van der Waals surface area (Å²) in [7, 11) is 3.80. The topological polar surface area (TPSA) is 79.5 Å².